The van der Waals surface area contributed by atoms with Crippen LogP contribution in [0.4, 0.5) is 0 Å². The van der Waals surface area contributed by atoms with Gasteiger partial charge >= 0.3 is 5.97 Å². The Kier molecular flexibility index (Phi) is 7.48. The number of hydrogen-bond donors (Lipinski definition) is 0. The molecule has 0 spiro atoms. The lowest BCUT2D eigenvalue weighted by molar-refractivity contribution is -0.140. The van der Waals surface area contributed by atoms with Gasteiger partial charge in [0, 0.05) is 13.0 Å². The van der Waals surface area contributed by atoms with E-state index < -0.39 is 0 Å². The SMILES string of the molecule is CCCCOCC1=CC(CC#CCN2CCCCC2)C(=O)O1. The Morgan fingerprint density at radius 1 is 1.32 bits per heavy atom. The molecule has 4 nitrogen and oxygen atoms in total. The van der Waals surface area contributed by atoms with Crippen LogP contribution in [-0.4, -0.2) is 43.7 Å². The minimum absolute atomic E-state index is 0.193. The largest absolute Gasteiger partial charge is 0.428 e. The minimum Gasteiger partial charge on any atom is -0.428 e. The van der Waals surface area contributed by atoms with Gasteiger partial charge < -0.3 is 9.47 Å². The number of carbonyl (C=O) groups is 1. The lowest BCUT2D eigenvalue weighted by Gasteiger charge is -2.23. The second kappa shape index (κ2) is 9.66. The smallest absolute Gasteiger partial charge is 0.319 e. The van der Waals surface area contributed by atoms with Crippen molar-refractivity contribution in [2.45, 2.75) is 45.4 Å². The van der Waals surface area contributed by atoms with Crippen LogP contribution >= 0.6 is 0 Å². The van der Waals surface area contributed by atoms with Crippen LogP contribution in [0.5, 0.6) is 0 Å². The zero-order chi connectivity index (χ0) is 15.6. The maximum absolute atomic E-state index is 11.8. The third kappa shape index (κ3) is 5.82. The van der Waals surface area contributed by atoms with E-state index in [2.05, 4.69) is 23.7 Å². The number of piperidine rings is 1. The van der Waals surface area contributed by atoms with Gasteiger partial charge in [-0.15, -0.1) is 5.92 Å². The summed E-state index contributed by atoms with van der Waals surface area (Å²) in [6.45, 7) is 6.35. The van der Waals surface area contributed by atoms with Crippen molar-refractivity contribution in [2.24, 2.45) is 5.92 Å². The molecule has 0 N–H and O–H groups in total. The van der Waals surface area contributed by atoms with E-state index in [4.69, 9.17) is 9.47 Å². The van der Waals surface area contributed by atoms with Crippen molar-refractivity contribution in [3.8, 4) is 11.8 Å². The van der Waals surface area contributed by atoms with Crippen LogP contribution in [-0.2, 0) is 14.3 Å². The molecule has 1 atom stereocenters. The molecule has 2 heterocycles. The number of nitrogens with zero attached hydrogens (tertiary/aromatic N) is 1. The van der Waals surface area contributed by atoms with E-state index in [-0.39, 0.29) is 11.9 Å². The monoisotopic (exact) mass is 305 g/mol. The summed E-state index contributed by atoms with van der Waals surface area (Å²) in [5.41, 5.74) is 0. The van der Waals surface area contributed by atoms with E-state index in [9.17, 15) is 4.79 Å². The van der Waals surface area contributed by atoms with Gasteiger partial charge in [-0.05, 0) is 38.4 Å². The third-order valence-electron chi connectivity index (χ3n) is 4.01. The average Bonchev–Trinajstić information content (AvgIpc) is 2.89. The number of rotatable bonds is 7. The van der Waals surface area contributed by atoms with Crippen LogP contribution in [0.1, 0.15) is 45.4 Å². The Hall–Kier alpha value is -1.31. The Morgan fingerprint density at radius 3 is 2.91 bits per heavy atom. The van der Waals surface area contributed by atoms with E-state index in [1.807, 2.05) is 6.08 Å². The summed E-state index contributed by atoms with van der Waals surface area (Å²) in [5.74, 6) is 6.53. The molecule has 2 aliphatic heterocycles. The molecular formula is C18H27NO3. The van der Waals surface area contributed by atoms with Crippen molar-refractivity contribution < 1.29 is 14.3 Å². The van der Waals surface area contributed by atoms with E-state index in [1.54, 1.807) is 0 Å². The predicted octanol–water partition coefficient (Wildman–Crippen LogP) is 2.74. The highest BCUT2D eigenvalue weighted by atomic mass is 16.6. The molecule has 0 aliphatic carbocycles. The molecule has 1 unspecified atom stereocenters. The molecule has 0 bridgehead atoms. The lowest BCUT2D eigenvalue weighted by atomic mass is 10.1. The zero-order valence-corrected chi connectivity index (χ0v) is 13.6. The first-order valence-corrected chi connectivity index (χ1v) is 8.48. The second-order valence-electron chi connectivity index (χ2n) is 5.96. The fraction of sp³-hybridized carbons (Fsp3) is 0.722. The summed E-state index contributed by atoms with van der Waals surface area (Å²) in [7, 11) is 0. The van der Waals surface area contributed by atoms with E-state index in [1.165, 1.54) is 19.3 Å². The van der Waals surface area contributed by atoms with E-state index in [0.717, 1.165) is 32.5 Å². The van der Waals surface area contributed by atoms with Crippen molar-refractivity contribution in [2.75, 3.05) is 32.8 Å². The standard InChI is InChI=1S/C18H27NO3/c1-2-3-13-21-15-17-14-16(18(20)22-17)9-5-8-12-19-10-6-4-7-11-19/h14,16H,2-4,6-7,9-13,15H2,1H3. The van der Waals surface area contributed by atoms with Crippen LogP contribution in [0, 0.1) is 17.8 Å². The van der Waals surface area contributed by atoms with Crippen LogP contribution in [0.15, 0.2) is 11.8 Å². The molecule has 2 aliphatic rings. The van der Waals surface area contributed by atoms with Crippen molar-refractivity contribution in [1.82, 2.24) is 4.90 Å². The van der Waals surface area contributed by atoms with Gasteiger partial charge in [0.1, 0.15) is 12.4 Å². The van der Waals surface area contributed by atoms with Gasteiger partial charge in [-0.1, -0.05) is 25.7 Å². The highest BCUT2D eigenvalue weighted by molar-refractivity contribution is 5.78. The van der Waals surface area contributed by atoms with E-state index >= 15 is 0 Å². The number of esters is 1. The van der Waals surface area contributed by atoms with Gasteiger partial charge in [0.25, 0.3) is 0 Å². The van der Waals surface area contributed by atoms with Gasteiger partial charge in [-0.2, -0.15) is 0 Å². The Morgan fingerprint density at radius 2 is 2.14 bits per heavy atom. The highest BCUT2D eigenvalue weighted by Crippen LogP contribution is 2.20. The third-order valence-corrected chi connectivity index (χ3v) is 4.01. The summed E-state index contributed by atoms with van der Waals surface area (Å²) in [6, 6.07) is 0. The normalized spacial score (nSPS) is 22.0. The van der Waals surface area contributed by atoms with Gasteiger partial charge in [0.05, 0.1) is 12.5 Å². The van der Waals surface area contributed by atoms with Gasteiger partial charge in [-0.3, -0.25) is 9.69 Å². The van der Waals surface area contributed by atoms with Crippen molar-refractivity contribution in [1.29, 1.82) is 0 Å². The van der Waals surface area contributed by atoms with Crippen LogP contribution in [0.3, 0.4) is 0 Å². The van der Waals surface area contributed by atoms with Crippen LogP contribution in [0.25, 0.3) is 0 Å². The molecular weight excluding hydrogens is 278 g/mol. The van der Waals surface area contributed by atoms with Gasteiger partial charge in [0.15, 0.2) is 0 Å². The summed E-state index contributed by atoms with van der Waals surface area (Å²) in [4.78, 5) is 14.1. The van der Waals surface area contributed by atoms with Gasteiger partial charge in [-0.25, -0.2) is 0 Å². The number of likely N-dealkylation sites (tertiary alicyclic amines) is 1. The first-order valence-electron chi connectivity index (χ1n) is 8.48. The molecule has 22 heavy (non-hydrogen) atoms. The predicted molar refractivity (Wildman–Crippen MR) is 86.1 cm³/mol. The first kappa shape index (κ1) is 17.1. The van der Waals surface area contributed by atoms with E-state index in [0.29, 0.717) is 25.4 Å². The Bertz CT molecular complexity index is 441. The fourth-order valence-corrected chi connectivity index (χ4v) is 2.64. The fourth-order valence-electron chi connectivity index (χ4n) is 2.64. The number of cyclic esters (lactones) is 1. The number of unbranched alkanes of at least 4 members (excludes halogenated alkanes) is 1. The minimum atomic E-state index is -0.223. The van der Waals surface area contributed by atoms with Crippen molar-refractivity contribution in [3.63, 3.8) is 0 Å². The second-order valence-corrected chi connectivity index (χ2v) is 5.96. The molecule has 0 aromatic heterocycles. The van der Waals surface area contributed by atoms with Crippen molar-refractivity contribution in [3.05, 3.63) is 11.8 Å². The molecule has 1 saturated heterocycles. The maximum atomic E-state index is 11.8. The zero-order valence-electron chi connectivity index (χ0n) is 13.6. The van der Waals surface area contributed by atoms with Crippen LogP contribution < -0.4 is 0 Å². The molecule has 4 heteroatoms. The summed E-state index contributed by atoms with van der Waals surface area (Å²) in [6.07, 6.45) is 8.45. The molecule has 0 saturated carbocycles. The Labute approximate surface area is 133 Å². The quantitative estimate of drug-likeness (QED) is 0.412. The molecule has 0 aromatic rings. The Balaban J connectivity index is 1.68. The number of ether oxygens (including phenoxy) is 2. The average molecular weight is 305 g/mol. The first-order chi connectivity index (χ1) is 10.8. The van der Waals surface area contributed by atoms with Crippen LogP contribution in [0.2, 0.25) is 0 Å². The summed E-state index contributed by atoms with van der Waals surface area (Å²) >= 11 is 0. The molecule has 122 valence electrons. The maximum Gasteiger partial charge on any atom is 0.319 e. The molecule has 0 amide bonds. The van der Waals surface area contributed by atoms with Gasteiger partial charge in [0.2, 0.25) is 0 Å². The summed E-state index contributed by atoms with van der Waals surface area (Å²) < 4.78 is 10.7. The number of carbonyl (C=O) groups excluding carboxylic acids is 1. The van der Waals surface area contributed by atoms with Crippen molar-refractivity contribution >= 4 is 5.97 Å². The highest BCUT2D eigenvalue weighted by Gasteiger charge is 2.26. The molecule has 1 fully saturated rings. The topological polar surface area (TPSA) is 38.8 Å². The molecule has 0 aromatic carbocycles. The summed E-state index contributed by atoms with van der Waals surface area (Å²) in [5, 5.41) is 0. The number of hydrogen-bond acceptors (Lipinski definition) is 4. The molecule has 2 rings (SSSR count). The molecule has 0 radical (unpaired) electrons. The lowest BCUT2D eigenvalue weighted by Crippen LogP contribution is -2.29.